The minimum atomic E-state index is -0.668. The van der Waals surface area contributed by atoms with Crippen LogP contribution >= 0.6 is 0 Å². The highest BCUT2D eigenvalue weighted by Crippen LogP contribution is 2.21. The van der Waals surface area contributed by atoms with Gasteiger partial charge in [0.2, 0.25) is 0 Å². The Morgan fingerprint density at radius 2 is 1.78 bits per heavy atom. The molecular formula is C34H41N7O5. The largest absolute Gasteiger partial charge is 0.469 e. The molecule has 0 aliphatic rings. The standard InChI is InChI=1S/C34H41N7O5/c1-5-6-7-11-32(43)46-23(2)38-33(35)24-12-15-26(16-13-24)37-22-30-39-27-21-25(14-17-28(27)40(30)3)34(44)41(20-18-31(42)45-4)29-10-8-9-19-36-29/h8-10,12-17,19,21,23,37H,5-7,11,18,20,22H2,1-4H3,(H2,35,38). The number of aromatic nitrogens is 3. The number of nitrogens with one attached hydrogen (secondary N) is 1. The van der Waals surface area contributed by atoms with E-state index in [0.29, 0.717) is 35.4 Å². The first-order chi connectivity index (χ1) is 22.2. The Hall–Kier alpha value is -5.26. The van der Waals surface area contributed by atoms with Crippen LogP contribution in [0.5, 0.6) is 0 Å². The van der Waals surface area contributed by atoms with Crippen molar-refractivity contribution in [2.45, 2.75) is 58.7 Å². The van der Waals surface area contributed by atoms with Gasteiger partial charge >= 0.3 is 11.9 Å². The van der Waals surface area contributed by atoms with Crippen molar-refractivity contribution in [3.63, 3.8) is 0 Å². The van der Waals surface area contributed by atoms with Gasteiger partial charge in [0.05, 0.1) is 31.1 Å². The monoisotopic (exact) mass is 627 g/mol. The lowest BCUT2D eigenvalue weighted by atomic mass is 10.1. The molecule has 4 aromatic rings. The van der Waals surface area contributed by atoms with Crippen LogP contribution in [0.1, 0.15) is 67.7 Å². The fraction of sp³-hybridized carbons (Fsp3) is 0.353. The number of fused-ring (bicyclic) bond motifs is 1. The normalized spacial score (nSPS) is 12.0. The van der Waals surface area contributed by atoms with Crippen LogP contribution in [0, 0.1) is 0 Å². The van der Waals surface area contributed by atoms with Gasteiger partial charge < -0.3 is 25.1 Å². The summed E-state index contributed by atoms with van der Waals surface area (Å²) in [6.45, 7) is 4.33. The van der Waals surface area contributed by atoms with Gasteiger partial charge in [0.15, 0.2) is 6.23 Å². The molecule has 2 aromatic heterocycles. The molecule has 0 radical (unpaired) electrons. The summed E-state index contributed by atoms with van der Waals surface area (Å²) in [5, 5.41) is 3.37. The van der Waals surface area contributed by atoms with Crippen molar-refractivity contribution in [3.05, 3.63) is 83.8 Å². The van der Waals surface area contributed by atoms with Crippen molar-refractivity contribution in [1.29, 1.82) is 0 Å². The van der Waals surface area contributed by atoms with Gasteiger partial charge in [0, 0.05) is 43.0 Å². The lowest BCUT2D eigenvalue weighted by Crippen LogP contribution is -2.33. The average molecular weight is 628 g/mol. The molecule has 0 aliphatic heterocycles. The molecule has 1 unspecified atom stereocenters. The van der Waals surface area contributed by atoms with Crippen molar-refractivity contribution in [1.82, 2.24) is 14.5 Å². The van der Waals surface area contributed by atoms with Crippen molar-refractivity contribution in [2.24, 2.45) is 17.8 Å². The summed E-state index contributed by atoms with van der Waals surface area (Å²) in [4.78, 5) is 52.2. The SMILES string of the molecule is CCCCCC(=O)OC(C)/N=C(\N)c1ccc(NCc2nc3cc(C(=O)N(CCC(=O)OC)c4ccccn4)ccc3n2C)cc1. The van der Waals surface area contributed by atoms with E-state index in [1.807, 2.05) is 41.9 Å². The van der Waals surface area contributed by atoms with Gasteiger partial charge in [0.25, 0.3) is 5.91 Å². The predicted molar refractivity (Wildman–Crippen MR) is 177 cm³/mol. The molecule has 12 nitrogen and oxygen atoms in total. The highest BCUT2D eigenvalue weighted by atomic mass is 16.6. The Balaban J connectivity index is 1.41. The number of amidine groups is 1. The first-order valence-corrected chi connectivity index (χ1v) is 15.3. The Morgan fingerprint density at radius 1 is 1.02 bits per heavy atom. The average Bonchev–Trinajstić information content (AvgIpc) is 3.38. The number of amides is 1. The third-order valence-corrected chi connectivity index (χ3v) is 7.40. The molecule has 12 heteroatoms. The second-order valence-electron chi connectivity index (χ2n) is 10.8. The van der Waals surface area contributed by atoms with Gasteiger partial charge in [-0.1, -0.05) is 25.8 Å². The highest BCUT2D eigenvalue weighted by molar-refractivity contribution is 6.07. The summed E-state index contributed by atoms with van der Waals surface area (Å²) in [6, 6.07) is 18.1. The van der Waals surface area contributed by atoms with Crippen LogP contribution in [-0.4, -0.2) is 58.1 Å². The van der Waals surface area contributed by atoms with Crippen LogP contribution in [-0.2, 0) is 32.7 Å². The Morgan fingerprint density at radius 3 is 2.48 bits per heavy atom. The maximum Gasteiger partial charge on any atom is 0.307 e. The van der Waals surface area contributed by atoms with E-state index < -0.39 is 12.2 Å². The Labute approximate surface area is 268 Å². The fourth-order valence-corrected chi connectivity index (χ4v) is 4.84. The number of ether oxygens (including phenoxy) is 2. The number of anilines is 2. The molecule has 0 spiro atoms. The first-order valence-electron chi connectivity index (χ1n) is 15.3. The minimum Gasteiger partial charge on any atom is -0.469 e. The maximum atomic E-state index is 13.6. The van der Waals surface area contributed by atoms with Crippen molar-refractivity contribution in [3.8, 4) is 0 Å². The van der Waals surface area contributed by atoms with Crippen LogP contribution in [0.15, 0.2) is 71.9 Å². The van der Waals surface area contributed by atoms with Gasteiger partial charge in [-0.2, -0.15) is 0 Å². The van der Waals surface area contributed by atoms with Gasteiger partial charge in [-0.25, -0.2) is 15.0 Å². The van der Waals surface area contributed by atoms with E-state index in [4.69, 9.17) is 20.2 Å². The number of esters is 2. The number of nitrogens with zero attached hydrogens (tertiary/aromatic N) is 5. The topological polar surface area (TPSA) is 154 Å². The van der Waals surface area contributed by atoms with E-state index in [-0.39, 0.29) is 30.7 Å². The summed E-state index contributed by atoms with van der Waals surface area (Å²) in [6.07, 6.45) is 4.17. The second kappa shape index (κ2) is 16.2. The molecule has 1 atom stereocenters. The van der Waals surface area contributed by atoms with Crippen LogP contribution in [0.3, 0.4) is 0 Å². The molecular weight excluding hydrogens is 586 g/mol. The van der Waals surface area contributed by atoms with Gasteiger partial charge in [-0.3, -0.25) is 19.3 Å². The predicted octanol–water partition coefficient (Wildman–Crippen LogP) is 4.97. The van der Waals surface area contributed by atoms with E-state index in [1.54, 1.807) is 43.5 Å². The highest BCUT2D eigenvalue weighted by Gasteiger charge is 2.21. The van der Waals surface area contributed by atoms with E-state index in [2.05, 4.69) is 22.2 Å². The molecule has 0 fully saturated rings. The van der Waals surface area contributed by atoms with Gasteiger partial charge in [-0.05, 0) is 67.9 Å². The molecule has 4 rings (SSSR count). The summed E-state index contributed by atoms with van der Waals surface area (Å²) in [5.41, 5.74) is 9.69. The molecule has 1 amide bonds. The van der Waals surface area contributed by atoms with Crippen molar-refractivity contribution in [2.75, 3.05) is 23.9 Å². The maximum absolute atomic E-state index is 13.6. The number of imidazole rings is 1. The number of unbranched alkanes of at least 4 members (excludes halogenated alkanes) is 2. The summed E-state index contributed by atoms with van der Waals surface area (Å²) in [5.74, 6) is 0.515. The molecule has 2 aromatic carbocycles. The summed E-state index contributed by atoms with van der Waals surface area (Å²) >= 11 is 0. The van der Waals surface area contributed by atoms with E-state index in [1.165, 1.54) is 12.0 Å². The van der Waals surface area contributed by atoms with Crippen LogP contribution in [0.4, 0.5) is 11.5 Å². The van der Waals surface area contributed by atoms with Crippen molar-refractivity contribution < 1.29 is 23.9 Å². The summed E-state index contributed by atoms with van der Waals surface area (Å²) < 4.78 is 12.1. The smallest absolute Gasteiger partial charge is 0.307 e. The molecule has 0 aliphatic carbocycles. The van der Waals surface area contributed by atoms with Crippen LogP contribution in [0.2, 0.25) is 0 Å². The lowest BCUT2D eigenvalue weighted by Gasteiger charge is -2.21. The number of hydrogen-bond acceptors (Lipinski definition) is 9. The molecule has 0 bridgehead atoms. The zero-order chi connectivity index (χ0) is 33.1. The number of carbonyl (C=O) groups is 3. The fourth-order valence-electron chi connectivity index (χ4n) is 4.84. The number of methoxy groups -OCH3 is 1. The molecule has 0 saturated heterocycles. The van der Waals surface area contributed by atoms with Crippen molar-refractivity contribution >= 4 is 46.2 Å². The molecule has 242 valence electrons. The number of carbonyl (C=O) groups excluding carboxylic acids is 3. The number of nitrogens with two attached hydrogens (primary N) is 1. The molecule has 0 saturated carbocycles. The number of pyridine rings is 1. The zero-order valence-electron chi connectivity index (χ0n) is 26.7. The number of hydrogen-bond donors (Lipinski definition) is 2. The molecule has 46 heavy (non-hydrogen) atoms. The lowest BCUT2D eigenvalue weighted by molar-refractivity contribution is -0.148. The third-order valence-electron chi connectivity index (χ3n) is 7.40. The Bertz CT molecular complexity index is 1670. The van der Waals surface area contributed by atoms with E-state index in [0.717, 1.165) is 36.3 Å². The number of benzene rings is 2. The minimum absolute atomic E-state index is 0.0363. The van der Waals surface area contributed by atoms with E-state index >= 15 is 0 Å². The number of aryl methyl sites for hydroxylation is 1. The van der Waals surface area contributed by atoms with E-state index in [9.17, 15) is 14.4 Å². The summed E-state index contributed by atoms with van der Waals surface area (Å²) in [7, 11) is 3.23. The Kier molecular flexibility index (Phi) is 11.8. The van der Waals surface area contributed by atoms with Crippen LogP contribution in [0.25, 0.3) is 11.0 Å². The van der Waals surface area contributed by atoms with Crippen LogP contribution < -0.4 is 16.0 Å². The van der Waals surface area contributed by atoms with Gasteiger partial charge in [0.1, 0.15) is 17.5 Å². The molecule has 2 heterocycles. The number of aliphatic imine (C=N–C) groups is 1. The quantitative estimate of drug-likeness (QED) is 0.0805. The first kappa shape index (κ1) is 33.6. The number of rotatable bonds is 15. The molecule has 3 N–H and O–H groups in total. The third kappa shape index (κ3) is 8.90. The zero-order valence-corrected chi connectivity index (χ0v) is 26.7. The second-order valence-corrected chi connectivity index (χ2v) is 10.8. The van der Waals surface area contributed by atoms with Gasteiger partial charge in [-0.15, -0.1) is 0 Å².